The van der Waals surface area contributed by atoms with Crippen LogP contribution in [-0.4, -0.2) is 35.6 Å². The molecule has 34 heavy (non-hydrogen) atoms. The van der Waals surface area contributed by atoms with E-state index in [0.717, 1.165) is 0 Å². The van der Waals surface area contributed by atoms with Crippen molar-refractivity contribution in [3.8, 4) is 17.2 Å². The van der Waals surface area contributed by atoms with Crippen molar-refractivity contribution < 1.29 is 29.3 Å². The standard InChI is InChI=1S/C26H22ClNO6/c1-3-34-21-13-16(9-12-20(21)27)24(30)22-23(15-7-10-18(29)11-8-15)28(26(32)25(22)31)17-5-4-6-19(14-17)33-2/h4-14,23,29-30H,3H2,1-2H3/b24-22+. The number of carbonyl (C=O) groups excluding carboxylic acids is 2. The normalized spacial score (nSPS) is 17.1. The van der Waals surface area contributed by atoms with Gasteiger partial charge >= 0.3 is 0 Å². The van der Waals surface area contributed by atoms with Gasteiger partial charge in [0.15, 0.2) is 0 Å². The molecular weight excluding hydrogens is 458 g/mol. The first-order valence-corrected chi connectivity index (χ1v) is 10.9. The van der Waals surface area contributed by atoms with Gasteiger partial charge in [-0.15, -0.1) is 0 Å². The molecule has 0 aliphatic carbocycles. The van der Waals surface area contributed by atoms with Crippen molar-refractivity contribution >= 4 is 34.7 Å². The van der Waals surface area contributed by atoms with Crippen LogP contribution in [-0.2, 0) is 9.59 Å². The Morgan fingerprint density at radius 2 is 1.79 bits per heavy atom. The van der Waals surface area contributed by atoms with Gasteiger partial charge in [0, 0.05) is 17.3 Å². The SMILES string of the molecule is CCOc1cc(/C(O)=C2\C(=O)C(=O)N(c3cccc(OC)c3)C2c2ccc(O)cc2)ccc1Cl. The fourth-order valence-electron chi connectivity index (χ4n) is 3.90. The number of aromatic hydroxyl groups is 1. The molecule has 1 heterocycles. The highest BCUT2D eigenvalue weighted by Gasteiger charge is 2.47. The summed E-state index contributed by atoms with van der Waals surface area (Å²) >= 11 is 6.17. The highest BCUT2D eigenvalue weighted by molar-refractivity contribution is 6.51. The van der Waals surface area contributed by atoms with Crippen LogP contribution in [0.4, 0.5) is 5.69 Å². The van der Waals surface area contributed by atoms with E-state index in [9.17, 15) is 19.8 Å². The smallest absolute Gasteiger partial charge is 0.300 e. The molecule has 1 unspecified atom stereocenters. The van der Waals surface area contributed by atoms with Crippen molar-refractivity contribution in [2.45, 2.75) is 13.0 Å². The highest BCUT2D eigenvalue weighted by atomic mass is 35.5. The Morgan fingerprint density at radius 1 is 1.06 bits per heavy atom. The molecule has 3 aromatic rings. The largest absolute Gasteiger partial charge is 0.508 e. The minimum absolute atomic E-state index is 0.0288. The number of ether oxygens (including phenoxy) is 2. The number of anilines is 1. The molecule has 3 aromatic carbocycles. The van der Waals surface area contributed by atoms with Crippen LogP contribution in [0.25, 0.3) is 5.76 Å². The van der Waals surface area contributed by atoms with Crippen LogP contribution in [0.3, 0.4) is 0 Å². The van der Waals surface area contributed by atoms with E-state index in [2.05, 4.69) is 0 Å². The molecule has 2 N–H and O–H groups in total. The summed E-state index contributed by atoms with van der Waals surface area (Å²) < 4.78 is 10.8. The average Bonchev–Trinajstić information content (AvgIpc) is 3.11. The van der Waals surface area contributed by atoms with E-state index in [1.54, 1.807) is 55.5 Å². The van der Waals surface area contributed by atoms with Crippen molar-refractivity contribution in [2.24, 2.45) is 0 Å². The second-order valence-corrected chi connectivity index (χ2v) is 7.95. The lowest BCUT2D eigenvalue weighted by molar-refractivity contribution is -0.132. The number of carbonyl (C=O) groups is 2. The minimum atomic E-state index is -0.945. The number of ketones is 1. The quantitative estimate of drug-likeness (QED) is 0.291. The van der Waals surface area contributed by atoms with Crippen LogP contribution in [0.1, 0.15) is 24.1 Å². The first kappa shape index (κ1) is 23.2. The highest BCUT2D eigenvalue weighted by Crippen LogP contribution is 2.43. The molecule has 0 saturated carbocycles. The van der Waals surface area contributed by atoms with Crippen LogP contribution in [0.2, 0.25) is 5.02 Å². The van der Waals surface area contributed by atoms with Gasteiger partial charge in [0.05, 0.1) is 30.4 Å². The van der Waals surface area contributed by atoms with Gasteiger partial charge in [0.2, 0.25) is 0 Å². The lowest BCUT2D eigenvalue weighted by atomic mass is 9.95. The van der Waals surface area contributed by atoms with E-state index in [1.807, 2.05) is 0 Å². The summed E-state index contributed by atoms with van der Waals surface area (Å²) in [6.45, 7) is 2.16. The number of rotatable bonds is 6. The fourth-order valence-corrected chi connectivity index (χ4v) is 4.08. The summed E-state index contributed by atoms with van der Waals surface area (Å²) in [5.74, 6) is -1.13. The van der Waals surface area contributed by atoms with Gasteiger partial charge in [-0.1, -0.05) is 29.8 Å². The van der Waals surface area contributed by atoms with Gasteiger partial charge in [-0.25, -0.2) is 0 Å². The number of hydrogen-bond donors (Lipinski definition) is 2. The van der Waals surface area contributed by atoms with E-state index in [1.165, 1.54) is 30.2 Å². The summed E-state index contributed by atoms with van der Waals surface area (Å²) in [7, 11) is 1.50. The van der Waals surface area contributed by atoms with Crippen molar-refractivity contribution in [1.82, 2.24) is 0 Å². The summed E-state index contributed by atoms with van der Waals surface area (Å²) in [5.41, 5.74) is 1.13. The zero-order valence-electron chi connectivity index (χ0n) is 18.5. The molecule has 4 rings (SSSR count). The third-order valence-electron chi connectivity index (χ3n) is 5.49. The molecule has 0 spiro atoms. The number of aliphatic hydroxyl groups is 1. The van der Waals surface area contributed by atoms with Gasteiger partial charge < -0.3 is 19.7 Å². The number of amides is 1. The topological polar surface area (TPSA) is 96.3 Å². The second kappa shape index (κ2) is 9.49. The third kappa shape index (κ3) is 4.18. The maximum absolute atomic E-state index is 13.2. The molecule has 8 heteroatoms. The molecular formula is C26H22ClNO6. The van der Waals surface area contributed by atoms with Crippen LogP contribution in [0.15, 0.2) is 72.3 Å². The third-order valence-corrected chi connectivity index (χ3v) is 5.80. The van der Waals surface area contributed by atoms with Gasteiger partial charge in [-0.3, -0.25) is 14.5 Å². The Hall–Kier alpha value is -3.97. The fraction of sp³-hybridized carbons (Fsp3) is 0.154. The van der Waals surface area contributed by atoms with E-state index in [-0.39, 0.29) is 22.6 Å². The maximum atomic E-state index is 13.2. The summed E-state index contributed by atoms with van der Waals surface area (Å²) in [6, 6.07) is 16.5. The number of hydrogen-bond acceptors (Lipinski definition) is 6. The minimum Gasteiger partial charge on any atom is -0.508 e. The molecule has 1 amide bonds. The van der Waals surface area contributed by atoms with E-state index >= 15 is 0 Å². The van der Waals surface area contributed by atoms with Crippen molar-refractivity contribution in [2.75, 3.05) is 18.6 Å². The van der Waals surface area contributed by atoms with E-state index < -0.39 is 17.7 Å². The molecule has 0 radical (unpaired) electrons. The number of Topliss-reactive ketones (excluding diaryl/α,β-unsaturated/α-hetero) is 1. The monoisotopic (exact) mass is 479 g/mol. The Balaban J connectivity index is 1.93. The number of benzene rings is 3. The molecule has 1 aliphatic rings. The second-order valence-electron chi connectivity index (χ2n) is 7.54. The van der Waals surface area contributed by atoms with Crippen LogP contribution in [0, 0.1) is 0 Å². The number of aliphatic hydroxyl groups excluding tert-OH is 1. The molecule has 1 saturated heterocycles. The number of nitrogens with zero attached hydrogens (tertiary/aromatic N) is 1. The predicted octanol–water partition coefficient (Wildman–Crippen LogP) is 5.08. The van der Waals surface area contributed by atoms with E-state index in [4.69, 9.17) is 21.1 Å². The molecule has 7 nitrogen and oxygen atoms in total. The number of methoxy groups -OCH3 is 1. The summed E-state index contributed by atoms with van der Waals surface area (Å²) in [6.07, 6.45) is 0. The lowest BCUT2D eigenvalue weighted by Gasteiger charge is -2.25. The van der Waals surface area contributed by atoms with Gasteiger partial charge in [-0.2, -0.15) is 0 Å². The first-order chi connectivity index (χ1) is 16.3. The predicted molar refractivity (Wildman–Crippen MR) is 129 cm³/mol. The molecule has 0 aromatic heterocycles. The Labute approximate surface area is 201 Å². The lowest BCUT2D eigenvalue weighted by Crippen LogP contribution is -2.29. The Morgan fingerprint density at radius 3 is 2.47 bits per heavy atom. The van der Waals surface area contributed by atoms with Crippen LogP contribution >= 0.6 is 11.6 Å². The molecule has 1 atom stereocenters. The van der Waals surface area contributed by atoms with Crippen molar-refractivity contribution in [3.05, 3.63) is 88.5 Å². The Kier molecular flexibility index (Phi) is 6.47. The average molecular weight is 480 g/mol. The molecule has 1 fully saturated rings. The van der Waals surface area contributed by atoms with Gasteiger partial charge in [0.25, 0.3) is 11.7 Å². The van der Waals surface area contributed by atoms with Crippen molar-refractivity contribution in [3.63, 3.8) is 0 Å². The number of phenols is 1. The Bertz CT molecular complexity index is 1280. The molecule has 174 valence electrons. The summed E-state index contributed by atoms with van der Waals surface area (Å²) in [5, 5.41) is 21.4. The number of halogens is 1. The molecule has 1 aliphatic heterocycles. The summed E-state index contributed by atoms with van der Waals surface area (Å²) in [4.78, 5) is 27.8. The first-order valence-electron chi connectivity index (χ1n) is 10.5. The zero-order chi connectivity index (χ0) is 24.4. The van der Waals surface area contributed by atoms with Crippen molar-refractivity contribution in [1.29, 1.82) is 0 Å². The zero-order valence-corrected chi connectivity index (χ0v) is 19.2. The van der Waals surface area contributed by atoms with Crippen LogP contribution in [0.5, 0.6) is 17.2 Å². The van der Waals surface area contributed by atoms with Crippen LogP contribution < -0.4 is 14.4 Å². The maximum Gasteiger partial charge on any atom is 0.300 e. The number of phenolic OH excluding ortho intramolecular Hbond substituents is 1. The van der Waals surface area contributed by atoms with Gasteiger partial charge in [-0.05, 0) is 55.0 Å². The van der Waals surface area contributed by atoms with E-state index in [0.29, 0.717) is 34.4 Å². The molecule has 0 bridgehead atoms. The van der Waals surface area contributed by atoms with Gasteiger partial charge in [0.1, 0.15) is 23.0 Å².